The van der Waals surface area contributed by atoms with Crippen LogP contribution >= 0.6 is 0 Å². The van der Waals surface area contributed by atoms with Crippen molar-refractivity contribution in [1.29, 1.82) is 0 Å². The zero-order chi connectivity index (χ0) is 25.6. The quantitative estimate of drug-likeness (QED) is 0.231. The van der Waals surface area contributed by atoms with E-state index in [0.29, 0.717) is 74.7 Å². The number of nitrogens with two attached hydrogens (primary N) is 1. The molecule has 36 heavy (non-hydrogen) atoms. The number of benzene rings is 1. The van der Waals surface area contributed by atoms with Crippen molar-refractivity contribution in [2.45, 2.75) is 58.0 Å². The van der Waals surface area contributed by atoms with E-state index >= 15 is 0 Å². The first-order chi connectivity index (χ1) is 17.5. The summed E-state index contributed by atoms with van der Waals surface area (Å²) in [7, 11) is 0. The maximum atomic E-state index is 12.6. The highest BCUT2D eigenvalue weighted by Gasteiger charge is 2.16. The fraction of sp³-hybridized carbons (Fsp3) is 0.600. The second-order valence-electron chi connectivity index (χ2n) is 9.06. The normalized spacial score (nSPS) is 14.0. The molecule has 0 saturated heterocycles. The molecule has 1 saturated carbocycles. The van der Waals surface area contributed by atoms with Gasteiger partial charge in [-0.15, -0.1) is 0 Å². The minimum absolute atomic E-state index is 0.178. The van der Waals surface area contributed by atoms with Crippen LogP contribution in [0.4, 0.5) is 23.5 Å². The van der Waals surface area contributed by atoms with Gasteiger partial charge in [-0.3, -0.25) is 4.79 Å². The maximum Gasteiger partial charge on any atom is 0.251 e. The monoisotopic (exact) mass is 500 g/mol. The molecule has 3 rings (SSSR count). The summed E-state index contributed by atoms with van der Waals surface area (Å²) in [6.07, 6.45) is 5.95. The summed E-state index contributed by atoms with van der Waals surface area (Å²) in [5.41, 5.74) is 6.60. The Hall–Kier alpha value is -3.02. The Morgan fingerprint density at radius 2 is 1.72 bits per heavy atom. The van der Waals surface area contributed by atoms with E-state index in [1.807, 2.05) is 26.0 Å². The lowest BCUT2D eigenvalue weighted by Gasteiger charge is -2.23. The number of hydrogen-bond donors (Lipinski definition) is 5. The molecule has 1 aliphatic carbocycles. The number of nitrogens with one attached hydrogen (secondary N) is 4. The first-order valence-electron chi connectivity index (χ1n) is 12.8. The van der Waals surface area contributed by atoms with Crippen LogP contribution in [0.25, 0.3) is 0 Å². The number of rotatable bonds is 15. The Kier molecular flexibility index (Phi) is 11.6. The number of carbonyl (C=O) groups is 1. The largest absolute Gasteiger partial charge is 0.378 e. The third-order valence-electron chi connectivity index (χ3n) is 5.54. The smallest absolute Gasteiger partial charge is 0.251 e. The number of carbonyl (C=O) groups excluding carboxylic acids is 1. The summed E-state index contributed by atoms with van der Waals surface area (Å²) in [6, 6.07) is 7.77. The number of nitrogens with zero attached hydrogens (tertiary/aromatic N) is 3. The van der Waals surface area contributed by atoms with Crippen molar-refractivity contribution in [2.24, 2.45) is 5.73 Å². The van der Waals surface area contributed by atoms with Crippen LogP contribution in [0.5, 0.6) is 0 Å². The lowest BCUT2D eigenvalue weighted by atomic mass is 9.96. The Morgan fingerprint density at radius 1 is 1.00 bits per heavy atom. The minimum Gasteiger partial charge on any atom is -0.378 e. The van der Waals surface area contributed by atoms with Gasteiger partial charge in [-0.1, -0.05) is 25.3 Å². The first kappa shape index (κ1) is 27.6. The van der Waals surface area contributed by atoms with Crippen LogP contribution in [-0.4, -0.2) is 72.5 Å². The van der Waals surface area contributed by atoms with Gasteiger partial charge in [-0.2, -0.15) is 15.0 Å². The molecule has 1 aromatic carbocycles. The van der Waals surface area contributed by atoms with E-state index in [-0.39, 0.29) is 11.9 Å². The highest BCUT2D eigenvalue weighted by atomic mass is 16.5. The van der Waals surface area contributed by atoms with Gasteiger partial charge in [-0.25, -0.2) is 0 Å². The average molecular weight is 501 g/mol. The van der Waals surface area contributed by atoms with Gasteiger partial charge in [0.2, 0.25) is 17.8 Å². The van der Waals surface area contributed by atoms with Gasteiger partial charge >= 0.3 is 0 Å². The van der Waals surface area contributed by atoms with E-state index in [9.17, 15) is 4.79 Å². The van der Waals surface area contributed by atoms with Crippen molar-refractivity contribution in [1.82, 2.24) is 20.3 Å². The van der Waals surface area contributed by atoms with Crippen LogP contribution in [0.2, 0.25) is 0 Å². The first-order valence-corrected chi connectivity index (χ1v) is 12.8. The molecule has 1 aromatic heterocycles. The zero-order valence-corrected chi connectivity index (χ0v) is 21.4. The summed E-state index contributed by atoms with van der Waals surface area (Å²) in [5.74, 6) is 1.28. The Bertz CT molecular complexity index is 937. The van der Waals surface area contributed by atoms with E-state index in [1.54, 1.807) is 12.1 Å². The molecule has 0 unspecified atom stereocenters. The molecule has 0 radical (unpaired) electrons. The third kappa shape index (κ3) is 9.92. The van der Waals surface area contributed by atoms with Crippen LogP contribution < -0.4 is 27.0 Å². The molecule has 1 heterocycles. The number of amides is 1. The van der Waals surface area contributed by atoms with Crippen molar-refractivity contribution in [3.8, 4) is 0 Å². The standard InChI is InChI=1S/C25H40N8O3/c1-18(2)28-23-31-24(29-20-8-4-3-5-9-20)33-25(32-23)30-21-10-6-7-19(17-21)22(34)27-12-14-36-16-15-35-13-11-26/h6-7,10,17-18,20H,3-5,8-9,11-16,26H2,1-2H3,(H,27,34)(H3,28,29,30,31,32,33). The summed E-state index contributed by atoms with van der Waals surface area (Å²) in [6.45, 7) is 6.84. The second kappa shape index (κ2) is 15.2. The molecule has 0 aliphatic heterocycles. The third-order valence-corrected chi connectivity index (χ3v) is 5.54. The Balaban J connectivity index is 1.57. The molecular formula is C25H40N8O3. The number of anilines is 4. The summed E-state index contributed by atoms with van der Waals surface area (Å²) < 4.78 is 10.7. The molecule has 1 fully saturated rings. The van der Waals surface area contributed by atoms with Gasteiger partial charge < -0.3 is 36.5 Å². The van der Waals surface area contributed by atoms with Crippen molar-refractivity contribution in [2.75, 3.05) is 55.5 Å². The molecular weight excluding hydrogens is 460 g/mol. The molecule has 11 heteroatoms. The SMILES string of the molecule is CC(C)Nc1nc(Nc2cccc(C(=O)NCCOCCOCCN)c2)nc(NC2CCCCC2)n1. The van der Waals surface area contributed by atoms with Crippen LogP contribution in [0.3, 0.4) is 0 Å². The highest BCUT2D eigenvalue weighted by Crippen LogP contribution is 2.22. The van der Waals surface area contributed by atoms with Gasteiger partial charge in [0.25, 0.3) is 5.91 Å². The van der Waals surface area contributed by atoms with E-state index < -0.39 is 0 Å². The van der Waals surface area contributed by atoms with Gasteiger partial charge in [-0.05, 0) is 44.9 Å². The lowest BCUT2D eigenvalue weighted by Crippen LogP contribution is -2.27. The predicted molar refractivity (Wildman–Crippen MR) is 142 cm³/mol. The van der Waals surface area contributed by atoms with Gasteiger partial charge in [0.15, 0.2) is 0 Å². The van der Waals surface area contributed by atoms with Crippen LogP contribution in [0, 0.1) is 0 Å². The molecule has 1 aliphatic rings. The average Bonchev–Trinajstić information content (AvgIpc) is 2.86. The van der Waals surface area contributed by atoms with E-state index in [2.05, 4.69) is 36.2 Å². The van der Waals surface area contributed by atoms with Crippen molar-refractivity contribution in [3.05, 3.63) is 29.8 Å². The lowest BCUT2D eigenvalue weighted by molar-refractivity contribution is 0.0511. The van der Waals surface area contributed by atoms with Crippen molar-refractivity contribution < 1.29 is 14.3 Å². The van der Waals surface area contributed by atoms with Gasteiger partial charge in [0, 0.05) is 36.4 Å². The summed E-state index contributed by atoms with van der Waals surface area (Å²) in [4.78, 5) is 26.2. The molecule has 6 N–H and O–H groups in total. The zero-order valence-electron chi connectivity index (χ0n) is 21.4. The topological polar surface area (TPSA) is 148 Å². The van der Waals surface area contributed by atoms with Crippen molar-refractivity contribution in [3.63, 3.8) is 0 Å². The van der Waals surface area contributed by atoms with Crippen LogP contribution in [0.15, 0.2) is 24.3 Å². The number of ether oxygens (including phenoxy) is 2. The molecule has 0 bridgehead atoms. The molecule has 198 valence electrons. The van der Waals surface area contributed by atoms with Gasteiger partial charge in [0.05, 0.1) is 26.4 Å². The molecule has 2 aromatic rings. The van der Waals surface area contributed by atoms with E-state index in [4.69, 9.17) is 15.2 Å². The Morgan fingerprint density at radius 3 is 2.47 bits per heavy atom. The van der Waals surface area contributed by atoms with Crippen LogP contribution in [0.1, 0.15) is 56.3 Å². The molecule has 0 atom stereocenters. The maximum absolute atomic E-state index is 12.6. The van der Waals surface area contributed by atoms with Crippen molar-refractivity contribution >= 4 is 29.4 Å². The second-order valence-corrected chi connectivity index (χ2v) is 9.06. The molecule has 1 amide bonds. The predicted octanol–water partition coefficient (Wildman–Crippen LogP) is 2.90. The summed E-state index contributed by atoms with van der Waals surface area (Å²) >= 11 is 0. The fourth-order valence-corrected chi connectivity index (χ4v) is 3.86. The number of hydrogen-bond acceptors (Lipinski definition) is 10. The molecule has 0 spiro atoms. The highest BCUT2D eigenvalue weighted by molar-refractivity contribution is 5.95. The fourth-order valence-electron chi connectivity index (χ4n) is 3.86. The Labute approximate surface area is 213 Å². The summed E-state index contributed by atoms with van der Waals surface area (Å²) in [5, 5.41) is 12.8. The van der Waals surface area contributed by atoms with Crippen LogP contribution in [-0.2, 0) is 9.47 Å². The van der Waals surface area contributed by atoms with Gasteiger partial charge in [0.1, 0.15) is 0 Å². The van der Waals surface area contributed by atoms with E-state index in [1.165, 1.54) is 19.3 Å². The minimum atomic E-state index is -0.181. The van der Waals surface area contributed by atoms with E-state index in [0.717, 1.165) is 12.8 Å². The molecule has 11 nitrogen and oxygen atoms in total. The number of aromatic nitrogens is 3.